The Kier molecular flexibility index (Phi) is 3.94. The number of anilines is 1. The molecule has 0 amide bonds. The van der Waals surface area contributed by atoms with Crippen LogP contribution in [-0.2, 0) is 0 Å². The zero-order valence-electron chi connectivity index (χ0n) is 13.4. The van der Waals surface area contributed by atoms with Gasteiger partial charge in [0.05, 0.1) is 11.9 Å². The van der Waals surface area contributed by atoms with Crippen LogP contribution in [0.1, 0.15) is 46.7 Å². The first-order valence-electron chi connectivity index (χ1n) is 7.30. The average molecular weight is 290 g/mol. The van der Waals surface area contributed by atoms with Crippen LogP contribution in [0.2, 0.25) is 0 Å². The van der Waals surface area contributed by atoms with Gasteiger partial charge >= 0.3 is 0 Å². The van der Waals surface area contributed by atoms with Gasteiger partial charge in [-0.15, -0.1) is 0 Å². The van der Waals surface area contributed by atoms with E-state index in [9.17, 15) is 4.39 Å². The molecule has 2 rings (SSSR count). The molecule has 0 saturated carbocycles. The minimum Gasteiger partial charge on any atom is -0.316 e. The lowest BCUT2D eigenvalue weighted by atomic mass is 9.63. The first-order valence-corrected chi connectivity index (χ1v) is 7.30. The van der Waals surface area contributed by atoms with Gasteiger partial charge in [0.25, 0.3) is 0 Å². The van der Waals surface area contributed by atoms with Crippen molar-refractivity contribution in [1.82, 2.24) is 9.99 Å². The van der Waals surface area contributed by atoms with Crippen molar-refractivity contribution in [2.24, 2.45) is 11.3 Å². The van der Waals surface area contributed by atoms with E-state index in [4.69, 9.17) is 5.26 Å². The van der Waals surface area contributed by atoms with Crippen LogP contribution in [0, 0.1) is 28.5 Å². The highest BCUT2D eigenvalue weighted by Crippen LogP contribution is 2.46. The molecule has 1 unspecified atom stereocenters. The number of pyridine rings is 1. The molecule has 4 nitrogen and oxygen atoms in total. The standard InChI is InChI=1S/C16H23FN4/c1-11-6-7-21(16(4,5)15(11,2)3)20-13-8-12(17)10-19-14(13)9-18/h8,10-11,20H,6-7H2,1-5H3. The van der Waals surface area contributed by atoms with Gasteiger partial charge in [0.15, 0.2) is 5.69 Å². The van der Waals surface area contributed by atoms with Crippen molar-refractivity contribution in [3.8, 4) is 6.07 Å². The van der Waals surface area contributed by atoms with E-state index in [1.807, 2.05) is 6.07 Å². The van der Waals surface area contributed by atoms with E-state index in [0.29, 0.717) is 11.6 Å². The summed E-state index contributed by atoms with van der Waals surface area (Å²) in [7, 11) is 0. The maximum Gasteiger partial charge on any atom is 0.165 e. The molecule has 0 spiro atoms. The van der Waals surface area contributed by atoms with Crippen LogP contribution in [0.4, 0.5) is 10.1 Å². The Balaban J connectivity index is 2.32. The fourth-order valence-electron chi connectivity index (χ4n) is 2.87. The number of hydrazine groups is 1. The Morgan fingerprint density at radius 1 is 1.43 bits per heavy atom. The van der Waals surface area contributed by atoms with Gasteiger partial charge in [-0.3, -0.25) is 0 Å². The summed E-state index contributed by atoms with van der Waals surface area (Å²) in [5, 5.41) is 11.2. The van der Waals surface area contributed by atoms with Crippen LogP contribution in [0.15, 0.2) is 12.3 Å². The zero-order chi connectivity index (χ0) is 15.8. The number of hydrogen-bond acceptors (Lipinski definition) is 4. The number of nitrogens with one attached hydrogen (secondary N) is 1. The summed E-state index contributed by atoms with van der Waals surface area (Å²) in [4.78, 5) is 3.84. The SMILES string of the molecule is CC1CCN(Nc2cc(F)cnc2C#N)C(C)(C)C1(C)C. The van der Waals surface area contributed by atoms with Crippen LogP contribution < -0.4 is 5.43 Å². The maximum absolute atomic E-state index is 13.4. The van der Waals surface area contributed by atoms with Gasteiger partial charge in [-0.05, 0) is 31.6 Å². The van der Waals surface area contributed by atoms with E-state index in [1.54, 1.807) is 0 Å². The topological polar surface area (TPSA) is 52.0 Å². The number of aromatic nitrogens is 1. The number of rotatable bonds is 2. The summed E-state index contributed by atoms with van der Waals surface area (Å²) < 4.78 is 13.4. The first kappa shape index (κ1) is 15.7. The summed E-state index contributed by atoms with van der Waals surface area (Å²) in [5.41, 5.74) is 3.81. The van der Waals surface area contributed by atoms with Gasteiger partial charge in [-0.2, -0.15) is 5.26 Å². The number of piperidine rings is 1. The molecule has 1 aliphatic heterocycles. The molecule has 1 N–H and O–H groups in total. The lowest BCUT2D eigenvalue weighted by Gasteiger charge is -2.56. The van der Waals surface area contributed by atoms with Crippen molar-refractivity contribution in [1.29, 1.82) is 5.26 Å². The number of hydrogen-bond donors (Lipinski definition) is 1. The number of halogens is 1. The Morgan fingerprint density at radius 3 is 2.71 bits per heavy atom. The minimum absolute atomic E-state index is 0.0891. The first-order chi connectivity index (χ1) is 9.70. The molecule has 1 fully saturated rings. The summed E-state index contributed by atoms with van der Waals surface area (Å²) in [6.45, 7) is 12.0. The predicted molar refractivity (Wildman–Crippen MR) is 80.9 cm³/mol. The molecule has 5 heteroatoms. The molecule has 21 heavy (non-hydrogen) atoms. The molecule has 2 heterocycles. The highest BCUT2D eigenvalue weighted by atomic mass is 19.1. The van der Waals surface area contributed by atoms with Gasteiger partial charge < -0.3 is 5.43 Å². The molecular formula is C16H23FN4. The van der Waals surface area contributed by atoms with Crippen molar-refractivity contribution in [2.45, 2.75) is 46.6 Å². The summed E-state index contributed by atoms with van der Waals surface area (Å²) in [6, 6.07) is 3.33. The third kappa shape index (κ3) is 2.60. The second kappa shape index (κ2) is 5.27. The molecule has 0 aliphatic carbocycles. The Morgan fingerprint density at radius 2 is 2.10 bits per heavy atom. The monoisotopic (exact) mass is 290 g/mol. The van der Waals surface area contributed by atoms with Gasteiger partial charge in [-0.25, -0.2) is 14.4 Å². The largest absolute Gasteiger partial charge is 0.316 e. The van der Waals surface area contributed by atoms with Gasteiger partial charge in [-0.1, -0.05) is 20.8 Å². The number of nitriles is 1. The molecule has 1 atom stereocenters. The van der Waals surface area contributed by atoms with Gasteiger partial charge in [0, 0.05) is 18.2 Å². The normalized spacial score (nSPS) is 24.3. The Hall–Kier alpha value is -1.67. The van der Waals surface area contributed by atoms with Gasteiger partial charge in [0.1, 0.15) is 11.9 Å². The van der Waals surface area contributed by atoms with Crippen LogP contribution in [0.25, 0.3) is 0 Å². The molecule has 1 aromatic rings. The highest BCUT2D eigenvalue weighted by Gasteiger charge is 2.48. The Bertz CT molecular complexity index is 574. The molecule has 1 saturated heterocycles. The van der Waals surface area contributed by atoms with Crippen molar-refractivity contribution in [3.63, 3.8) is 0 Å². The molecule has 0 radical (unpaired) electrons. The van der Waals surface area contributed by atoms with E-state index in [0.717, 1.165) is 19.2 Å². The minimum atomic E-state index is -0.445. The third-order valence-corrected chi connectivity index (χ3v) is 5.48. The van der Waals surface area contributed by atoms with E-state index in [-0.39, 0.29) is 16.6 Å². The van der Waals surface area contributed by atoms with Crippen molar-refractivity contribution in [3.05, 3.63) is 23.8 Å². The summed E-state index contributed by atoms with van der Waals surface area (Å²) in [6.07, 6.45) is 2.12. The molecule has 1 aromatic heterocycles. The lowest BCUT2D eigenvalue weighted by molar-refractivity contribution is -0.0515. The zero-order valence-corrected chi connectivity index (χ0v) is 13.4. The molecule has 0 bridgehead atoms. The smallest absolute Gasteiger partial charge is 0.165 e. The van der Waals surface area contributed by atoms with E-state index >= 15 is 0 Å². The number of nitrogens with zero attached hydrogens (tertiary/aromatic N) is 3. The molecule has 114 valence electrons. The van der Waals surface area contributed by atoms with Crippen molar-refractivity contribution < 1.29 is 4.39 Å². The van der Waals surface area contributed by atoms with E-state index < -0.39 is 5.82 Å². The molecule has 1 aliphatic rings. The third-order valence-electron chi connectivity index (χ3n) is 5.48. The van der Waals surface area contributed by atoms with Crippen LogP contribution >= 0.6 is 0 Å². The maximum atomic E-state index is 13.4. The van der Waals surface area contributed by atoms with Crippen molar-refractivity contribution in [2.75, 3.05) is 12.0 Å². The second-order valence-electron chi connectivity index (χ2n) is 6.90. The lowest BCUT2D eigenvalue weighted by Crippen LogP contribution is -2.62. The van der Waals surface area contributed by atoms with Crippen LogP contribution in [0.3, 0.4) is 0 Å². The van der Waals surface area contributed by atoms with Crippen LogP contribution in [-0.4, -0.2) is 22.1 Å². The summed E-state index contributed by atoms with van der Waals surface area (Å²) in [5.74, 6) is 0.144. The fourth-order valence-corrected chi connectivity index (χ4v) is 2.87. The summed E-state index contributed by atoms with van der Waals surface area (Å²) >= 11 is 0. The predicted octanol–water partition coefficient (Wildman–Crippen LogP) is 3.57. The molecule has 0 aromatic carbocycles. The average Bonchev–Trinajstić information content (AvgIpc) is 2.41. The second-order valence-corrected chi connectivity index (χ2v) is 6.90. The van der Waals surface area contributed by atoms with E-state index in [2.05, 4.69) is 50.0 Å². The fraction of sp³-hybridized carbons (Fsp3) is 0.625. The quantitative estimate of drug-likeness (QED) is 0.904. The van der Waals surface area contributed by atoms with Crippen LogP contribution in [0.5, 0.6) is 0 Å². The van der Waals surface area contributed by atoms with Gasteiger partial charge in [0.2, 0.25) is 0 Å². The van der Waals surface area contributed by atoms with E-state index in [1.165, 1.54) is 6.07 Å². The van der Waals surface area contributed by atoms with Crippen molar-refractivity contribution >= 4 is 5.69 Å². The molecular weight excluding hydrogens is 267 g/mol. The highest BCUT2D eigenvalue weighted by molar-refractivity contribution is 5.53. The Labute approximate surface area is 125 Å².